The first-order chi connectivity index (χ1) is 6.83. The molecule has 0 radical (unpaired) electrons. The zero-order chi connectivity index (χ0) is 11.6. The summed E-state index contributed by atoms with van der Waals surface area (Å²) in [6.07, 6.45) is 0. The predicted molar refractivity (Wildman–Crippen MR) is 53.9 cm³/mol. The van der Waals surface area contributed by atoms with Crippen LogP contribution in [0.25, 0.3) is 0 Å². The Morgan fingerprint density at radius 3 is 2.47 bits per heavy atom. The molecule has 0 aliphatic rings. The third-order valence-corrected chi connectivity index (χ3v) is 3.01. The molecule has 0 heterocycles. The molecule has 0 atom stereocenters. The van der Waals surface area contributed by atoms with Crippen molar-refractivity contribution < 1.29 is 18.7 Å². The largest absolute Gasteiger partial charge is 0.480 e. The van der Waals surface area contributed by atoms with Crippen LogP contribution in [-0.4, -0.2) is 15.8 Å². The highest BCUT2D eigenvalue weighted by Crippen LogP contribution is 2.34. The highest BCUT2D eigenvalue weighted by Gasteiger charge is 2.29. The highest BCUT2D eigenvalue weighted by molar-refractivity contribution is 8.01. The van der Waals surface area contributed by atoms with Gasteiger partial charge >= 0.3 is 5.97 Å². The van der Waals surface area contributed by atoms with E-state index >= 15 is 0 Å². The second-order valence-electron chi connectivity index (χ2n) is 3.49. The summed E-state index contributed by atoms with van der Waals surface area (Å²) in [7, 11) is 0. The molecule has 0 aliphatic heterocycles. The minimum atomic E-state index is -1.14. The molecule has 15 heavy (non-hydrogen) atoms. The van der Waals surface area contributed by atoms with E-state index in [9.17, 15) is 13.6 Å². The fraction of sp³-hybridized carbons (Fsp3) is 0.300. The van der Waals surface area contributed by atoms with Gasteiger partial charge in [0.25, 0.3) is 0 Å². The number of carboxylic acid groups (broad SMARTS) is 1. The molecule has 1 rings (SSSR count). The van der Waals surface area contributed by atoms with Gasteiger partial charge in [0.15, 0.2) is 0 Å². The topological polar surface area (TPSA) is 37.3 Å². The second kappa shape index (κ2) is 4.18. The van der Waals surface area contributed by atoms with Crippen LogP contribution in [0.4, 0.5) is 8.78 Å². The van der Waals surface area contributed by atoms with Crippen LogP contribution >= 0.6 is 11.8 Å². The van der Waals surface area contributed by atoms with Gasteiger partial charge in [-0.2, -0.15) is 0 Å². The quantitative estimate of drug-likeness (QED) is 0.814. The fourth-order valence-corrected chi connectivity index (χ4v) is 1.81. The van der Waals surface area contributed by atoms with Crippen molar-refractivity contribution in [3.8, 4) is 0 Å². The van der Waals surface area contributed by atoms with Crippen molar-refractivity contribution in [2.75, 3.05) is 0 Å². The molecule has 0 aliphatic carbocycles. The lowest BCUT2D eigenvalue weighted by molar-refractivity contribution is -0.138. The molecule has 0 saturated heterocycles. The summed E-state index contributed by atoms with van der Waals surface area (Å²) in [5.74, 6) is -2.46. The average Bonchev–Trinajstić information content (AvgIpc) is 2.09. The smallest absolute Gasteiger partial charge is 0.319 e. The molecule has 1 aromatic carbocycles. The van der Waals surface area contributed by atoms with Crippen molar-refractivity contribution in [1.29, 1.82) is 0 Å². The van der Waals surface area contributed by atoms with Crippen molar-refractivity contribution in [1.82, 2.24) is 0 Å². The molecule has 5 heteroatoms. The number of benzene rings is 1. The number of carboxylic acids is 1. The Morgan fingerprint density at radius 2 is 2.00 bits per heavy atom. The summed E-state index contributed by atoms with van der Waals surface area (Å²) in [5.41, 5.74) is 0. The number of halogens is 2. The molecule has 2 nitrogen and oxygen atoms in total. The number of thioether (sulfide) groups is 1. The van der Waals surface area contributed by atoms with Gasteiger partial charge in [0.1, 0.15) is 16.4 Å². The second-order valence-corrected chi connectivity index (χ2v) is 5.16. The van der Waals surface area contributed by atoms with Crippen molar-refractivity contribution in [3.05, 3.63) is 29.8 Å². The number of hydrogen-bond acceptors (Lipinski definition) is 2. The molecule has 82 valence electrons. The van der Waals surface area contributed by atoms with Crippen LogP contribution in [0, 0.1) is 11.6 Å². The minimum absolute atomic E-state index is 0.129. The van der Waals surface area contributed by atoms with Crippen LogP contribution in [0.1, 0.15) is 13.8 Å². The van der Waals surface area contributed by atoms with Gasteiger partial charge in [-0.15, -0.1) is 11.8 Å². The van der Waals surface area contributed by atoms with Gasteiger partial charge in [-0.25, -0.2) is 8.78 Å². The van der Waals surface area contributed by atoms with Crippen LogP contribution < -0.4 is 0 Å². The lowest BCUT2D eigenvalue weighted by Gasteiger charge is -2.18. The van der Waals surface area contributed by atoms with Crippen LogP contribution in [-0.2, 0) is 4.79 Å². The molecule has 0 unspecified atom stereocenters. The first-order valence-corrected chi connectivity index (χ1v) is 5.02. The fourth-order valence-electron chi connectivity index (χ4n) is 0.877. The normalized spacial score (nSPS) is 11.5. The van der Waals surface area contributed by atoms with E-state index in [-0.39, 0.29) is 4.90 Å². The molecule has 0 spiro atoms. The van der Waals surface area contributed by atoms with Gasteiger partial charge in [-0.05, 0) is 26.0 Å². The lowest BCUT2D eigenvalue weighted by atomic mass is 10.2. The van der Waals surface area contributed by atoms with Gasteiger partial charge < -0.3 is 5.11 Å². The van der Waals surface area contributed by atoms with E-state index in [1.807, 2.05) is 0 Å². The van der Waals surface area contributed by atoms with Crippen molar-refractivity contribution in [3.63, 3.8) is 0 Å². The number of rotatable bonds is 3. The standard InChI is InChI=1S/C10H10F2O2S/c1-10(2,9(13)14)15-8-4-3-6(11)5-7(8)12/h3-5H,1-2H3,(H,13,14). The first-order valence-electron chi connectivity index (χ1n) is 4.20. The third-order valence-electron chi connectivity index (χ3n) is 1.77. The lowest BCUT2D eigenvalue weighted by Crippen LogP contribution is -2.27. The van der Waals surface area contributed by atoms with Crippen LogP contribution in [0.5, 0.6) is 0 Å². The molecular weight excluding hydrogens is 222 g/mol. The Morgan fingerprint density at radius 1 is 1.40 bits per heavy atom. The van der Waals surface area contributed by atoms with Crippen molar-refractivity contribution in [2.45, 2.75) is 23.5 Å². The summed E-state index contributed by atoms with van der Waals surface area (Å²) in [6.45, 7) is 2.92. The van der Waals surface area contributed by atoms with Gasteiger partial charge in [-0.3, -0.25) is 4.79 Å². The zero-order valence-electron chi connectivity index (χ0n) is 8.25. The maximum Gasteiger partial charge on any atom is 0.319 e. The molecule has 0 saturated carbocycles. The monoisotopic (exact) mass is 232 g/mol. The maximum atomic E-state index is 13.2. The summed E-state index contributed by atoms with van der Waals surface area (Å²) in [5, 5.41) is 8.83. The molecule has 1 N–H and O–H groups in total. The van der Waals surface area contributed by atoms with Crippen molar-refractivity contribution in [2.24, 2.45) is 0 Å². The van der Waals surface area contributed by atoms with E-state index in [0.29, 0.717) is 0 Å². The van der Waals surface area contributed by atoms with Crippen molar-refractivity contribution >= 4 is 17.7 Å². The Kier molecular flexibility index (Phi) is 3.34. The van der Waals surface area contributed by atoms with Crippen LogP contribution in [0.3, 0.4) is 0 Å². The average molecular weight is 232 g/mol. The zero-order valence-corrected chi connectivity index (χ0v) is 9.07. The van der Waals surface area contributed by atoms with Crippen LogP contribution in [0.2, 0.25) is 0 Å². The van der Waals surface area contributed by atoms with E-state index in [0.717, 1.165) is 23.9 Å². The molecule has 0 bridgehead atoms. The summed E-state index contributed by atoms with van der Waals surface area (Å²) in [4.78, 5) is 10.9. The van der Waals surface area contributed by atoms with E-state index in [2.05, 4.69) is 0 Å². The summed E-state index contributed by atoms with van der Waals surface area (Å²) >= 11 is 0.848. The number of carbonyl (C=O) groups is 1. The maximum absolute atomic E-state index is 13.2. The molecular formula is C10H10F2O2S. The summed E-state index contributed by atoms with van der Waals surface area (Å²) in [6, 6.07) is 3.07. The SMILES string of the molecule is CC(C)(Sc1ccc(F)cc1F)C(=O)O. The molecule has 0 aromatic heterocycles. The molecule has 0 amide bonds. The van der Waals surface area contributed by atoms with Gasteiger partial charge in [0.05, 0.1) is 0 Å². The molecule has 0 fully saturated rings. The van der Waals surface area contributed by atoms with E-state index in [1.54, 1.807) is 0 Å². The van der Waals surface area contributed by atoms with Gasteiger partial charge in [0.2, 0.25) is 0 Å². The number of hydrogen-bond donors (Lipinski definition) is 1. The number of aliphatic carboxylic acids is 1. The highest BCUT2D eigenvalue weighted by atomic mass is 32.2. The summed E-state index contributed by atoms with van der Waals surface area (Å²) < 4.78 is 24.6. The van der Waals surface area contributed by atoms with E-state index in [1.165, 1.54) is 19.9 Å². The van der Waals surface area contributed by atoms with Crippen LogP contribution in [0.15, 0.2) is 23.1 Å². The first kappa shape index (κ1) is 12.0. The van der Waals surface area contributed by atoms with Gasteiger partial charge in [-0.1, -0.05) is 0 Å². The Bertz CT molecular complexity index is 391. The van der Waals surface area contributed by atoms with E-state index in [4.69, 9.17) is 5.11 Å². The van der Waals surface area contributed by atoms with Gasteiger partial charge in [0, 0.05) is 11.0 Å². The third kappa shape index (κ3) is 2.92. The van der Waals surface area contributed by atoms with E-state index < -0.39 is 22.4 Å². The Balaban J connectivity index is 2.95. The minimum Gasteiger partial charge on any atom is -0.480 e. The predicted octanol–water partition coefficient (Wildman–Crippen LogP) is 2.92. The Hall–Kier alpha value is -1.10. The molecule has 1 aromatic rings. The Labute approximate surface area is 90.3 Å².